The number of anilines is 1. The van der Waals surface area contributed by atoms with E-state index >= 15 is 0 Å². The van der Waals surface area contributed by atoms with Crippen molar-refractivity contribution in [2.45, 2.75) is 23.8 Å². The lowest BCUT2D eigenvalue weighted by Crippen LogP contribution is -2.44. The minimum Gasteiger partial charge on any atom is -0.362 e. The van der Waals surface area contributed by atoms with Crippen LogP contribution in [0.2, 0.25) is 0 Å². The van der Waals surface area contributed by atoms with Crippen LogP contribution in [0.3, 0.4) is 0 Å². The van der Waals surface area contributed by atoms with Crippen LogP contribution in [0.15, 0.2) is 17.0 Å². The van der Waals surface area contributed by atoms with E-state index in [9.17, 15) is 37.1 Å². The highest BCUT2D eigenvalue weighted by molar-refractivity contribution is 9.09. The van der Waals surface area contributed by atoms with Gasteiger partial charge in [-0.05, 0) is 26.9 Å². The lowest BCUT2D eigenvalue weighted by Gasteiger charge is -2.35. The number of nitrogens with zero attached hydrogens (tertiary/aromatic N) is 5. The first-order valence-corrected chi connectivity index (χ1v) is 14.9. The Bertz CT molecular complexity index is 1150. The summed E-state index contributed by atoms with van der Waals surface area (Å²) in [4.78, 5) is 24.3. The van der Waals surface area contributed by atoms with E-state index in [0.717, 1.165) is 12.3 Å². The van der Waals surface area contributed by atoms with Gasteiger partial charge in [-0.1, -0.05) is 15.9 Å². The Morgan fingerprint density at radius 2 is 1.69 bits per heavy atom. The molecule has 0 unspecified atom stereocenters. The van der Waals surface area contributed by atoms with Gasteiger partial charge in [-0.15, -0.1) is 0 Å². The van der Waals surface area contributed by atoms with Crippen molar-refractivity contribution >= 4 is 53.1 Å². The largest absolute Gasteiger partial charge is 0.362 e. The van der Waals surface area contributed by atoms with Gasteiger partial charge in [-0.3, -0.25) is 24.4 Å². The highest BCUT2D eigenvalue weighted by atomic mass is 79.9. The molecule has 0 N–H and O–H groups in total. The maximum Gasteiger partial charge on any atom is 0.300 e. The number of nitro groups is 2. The van der Waals surface area contributed by atoms with Crippen LogP contribution in [0.4, 0.5) is 17.1 Å². The van der Waals surface area contributed by atoms with Crippen LogP contribution < -0.4 is 4.90 Å². The zero-order valence-corrected chi connectivity index (χ0v) is 22.7. The maximum absolute atomic E-state index is 13.7. The molecule has 1 aromatic carbocycles. The molecule has 0 aliphatic carbocycles. The molecule has 0 radical (unpaired) electrons. The summed E-state index contributed by atoms with van der Waals surface area (Å²) in [6.45, 7) is -0.319. The lowest BCUT2D eigenvalue weighted by atomic mass is 10.1. The first kappa shape index (κ1) is 29.3. The first-order chi connectivity index (χ1) is 16.2. The minimum absolute atomic E-state index is 0.0387. The summed E-state index contributed by atoms with van der Waals surface area (Å²) in [7, 11) is -4.44. The summed E-state index contributed by atoms with van der Waals surface area (Å²) in [6, 6.07) is 1.66. The topological polar surface area (TPSA) is 174 Å². The van der Waals surface area contributed by atoms with Gasteiger partial charge in [0, 0.05) is 43.6 Å². The third-order valence-electron chi connectivity index (χ3n) is 5.55. The van der Waals surface area contributed by atoms with Crippen molar-refractivity contribution < 1.29 is 30.9 Å². The molecule has 0 atom stereocenters. The van der Waals surface area contributed by atoms with Crippen LogP contribution in [0.25, 0.3) is 0 Å². The highest BCUT2D eigenvalue weighted by Gasteiger charge is 2.38. The molecule has 198 valence electrons. The van der Waals surface area contributed by atoms with Crippen molar-refractivity contribution in [3.63, 3.8) is 0 Å². The second-order valence-electron chi connectivity index (χ2n) is 8.13. The third kappa shape index (κ3) is 7.53. The molecule has 1 aliphatic rings. The van der Waals surface area contributed by atoms with Crippen LogP contribution in [-0.2, 0) is 24.3 Å². The Morgan fingerprint density at radius 3 is 2.14 bits per heavy atom. The number of nitro benzene ring substituents is 2. The van der Waals surface area contributed by atoms with Crippen molar-refractivity contribution in [3.05, 3.63) is 32.4 Å². The maximum atomic E-state index is 13.7. The van der Waals surface area contributed by atoms with Crippen LogP contribution in [-0.4, -0.2) is 100 Å². The van der Waals surface area contributed by atoms with Gasteiger partial charge in [-0.2, -0.15) is 12.7 Å². The predicted octanol–water partition coefficient (Wildman–Crippen LogP) is 1.40. The van der Waals surface area contributed by atoms with Crippen LogP contribution >= 0.6 is 15.9 Å². The number of sulfonamides is 1. The molecule has 1 fully saturated rings. The van der Waals surface area contributed by atoms with Crippen LogP contribution in [0.1, 0.15) is 12.8 Å². The molecule has 2 rings (SSSR count). The second kappa shape index (κ2) is 11.9. The van der Waals surface area contributed by atoms with E-state index in [1.807, 2.05) is 19.0 Å². The standard InChI is InChI=1S/C18H28BrN5O9S2/c1-20(2)14-4-7-22(8-5-14)35(31,32)17-13-15(23(25)26)12-16(24(27)28)18(17)21(9-6-19)10-11-33-34(3,29)30/h12-14H,4-11H2,1-3H3. The Morgan fingerprint density at radius 1 is 1.09 bits per heavy atom. The number of non-ortho nitro benzene ring substituents is 1. The van der Waals surface area contributed by atoms with E-state index in [-0.39, 0.29) is 43.2 Å². The SMILES string of the molecule is CN(C)C1CCN(S(=O)(=O)c2cc([N+](=O)[O-])cc([N+](=O)[O-])c2N(CCBr)CCOS(C)(=O)=O)CC1. The van der Waals surface area contributed by atoms with E-state index in [4.69, 9.17) is 4.18 Å². The molecule has 0 spiro atoms. The van der Waals surface area contributed by atoms with Gasteiger partial charge < -0.3 is 9.80 Å². The summed E-state index contributed by atoms with van der Waals surface area (Å²) < 4.78 is 56.0. The fraction of sp³-hybridized carbons (Fsp3) is 0.667. The van der Waals surface area contributed by atoms with Gasteiger partial charge >= 0.3 is 5.69 Å². The zero-order chi connectivity index (χ0) is 26.6. The Labute approximate surface area is 212 Å². The molecule has 0 aromatic heterocycles. The third-order valence-corrected chi connectivity index (χ3v) is 8.41. The second-order valence-corrected chi connectivity index (χ2v) is 12.5. The summed E-state index contributed by atoms with van der Waals surface area (Å²) in [5.74, 6) is 0. The van der Waals surface area contributed by atoms with Gasteiger partial charge in [0.15, 0.2) is 0 Å². The number of piperidine rings is 1. The van der Waals surface area contributed by atoms with Crippen molar-refractivity contribution in [2.75, 3.05) is 63.4 Å². The van der Waals surface area contributed by atoms with E-state index in [1.54, 1.807) is 0 Å². The molecule has 35 heavy (non-hydrogen) atoms. The van der Waals surface area contributed by atoms with Crippen molar-refractivity contribution in [3.8, 4) is 0 Å². The van der Waals surface area contributed by atoms with E-state index in [0.29, 0.717) is 18.9 Å². The van der Waals surface area contributed by atoms with E-state index < -0.39 is 52.9 Å². The molecule has 17 heteroatoms. The minimum atomic E-state index is -4.38. The van der Waals surface area contributed by atoms with Crippen molar-refractivity contribution in [1.82, 2.24) is 9.21 Å². The molecule has 0 saturated carbocycles. The summed E-state index contributed by atoms with van der Waals surface area (Å²) in [6.07, 6.45) is 1.88. The Balaban J connectivity index is 2.65. The molecular weight excluding hydrogens is 574 g/mol. The summed E-state index contributed by atoms with van der Waals surface area (Å²) in [5, 5.41) is 23.7. The lowest BCUT2D eigenvalue weighted by molar-refractivity contribution is -0.394. The smallest absolute Gasteiger partial charge is 0.300 e. The monoisotopic (exact) mass is 601 g/mol. The zero-order valence-electron chi connectivity index (χ0n) is 19.5. The molecule has 14 nitrogen and oxygen atoms in total. The molecule has 0 bridgehead atoms. The van der Waals surface area contributed by atoms with Gasteiger partial charge in [0.1, 0.15) is 10.6 Å². The molecule has 1 aliphatic heterocycles. The van der Waals surface area contributed by atoms with Gasteiger partial charge in [0.05, 0.1) is 28.8 Å². The van der Waals surface area contributed by atoms with Crippen LogP contribution in [0.5, 0.6) is 0 Å². The average Bonchev–Trinajstić information content (AvgIpc) is 2.76. The summed E-state index contributed by atoms with van der Waals surface area (Å²) in [5.41, 5.74) is -1.87. The number of hydrogen-bond acceptors (Lipinski definition) is 11. The van der Waals surface area contributed by atoms with Crippen LogP contribution in [0, 0.1) is 20.2 Å². The van der Waals surface area contributed by atoms with Gasteiger partial charge in [0.2, 0.25) is 10.0 Å². The fourth-order valence-corrected chi connectivity index (χ4v) is 6.34. The molecule has 1 aromatic rings. The normalized spacial score (nSPS) is 15.9. The fourth-order valence-electron chi connectivity index (χ4n) is 3.81. The molecule has 0 amide bonds. The molecular formula is C18H28BrN5O9S2. The number of alkyl halides is 1. The number of hydrogen-bond donors (Lipinski definition) is 0. The Kier molecular flexibility index (Phi) is 9.95. The first-order valence-electron chi connectivity index (χ1n) is 10.5. The number of rotatable bonds is 12. The molecule has 1 saturated heterocycles. The number of halogens is 1. The number of benzene rings is 1. The van der Waals surface area contributed by atoms with E-state index in [1.165, 1.54) is 9.21 Å². The average molecular weight is 602 g/mol. The van der Waals surface area contributed by atoms with Gasteiger partial charge in [0.25, 0.3) is 15.8 Å². The highest BCUT2D eigenvalue weighted by Crippen LogP contribution is 2.40. The van der Waals surface area contributed by atoms with E-state index in [2.05, 4.69) is 15.9 Å². The van der Waals surface area contributed by atoms with Gasteiger partial charge in [-0.25, -0.2) is 8.42 Å². The molecule has 1 heterocycles. The Hall–Kier alpha value is -1.92. The quantitative estimate of drug-likeness (QED) is 0.146. The predicted molar refractivity (Wildman–Crippen MR) is 132 cm³/mol. The van der Waals surface area contributed by atoms with Crippen molar-refractivity contribution in [2.24, 2.45) is 0 Å². The van der Waals surface area contributed by atoms with Crippen molar-refractivity contribution in [1.29, 1.82) is 0 Å². The summed E-state index contributed by atoms with van der Waals surface area (Å²) >= 11 is 3.21.